The highest BCUT2D eigenvalue weighted by Gasteiger charge is 2.41. The Kier molecular flexibility index (Phi) is 6.23. The summed E-state index contributed by atoms with van der Waals surface area (Å²) in [5.74, 6) is -0.252. The fraction of sp³-hybridized carbons (Fsp3) is 0.154. The fourth-order valence-electron chi connectivity index (χ4n) is 3.78. The van der Waals surface area contributed by atoms with Gasteiger partial charge in [-0.25, -0.2) is 9.29 Å². The summed E-state index contributed by atoms with van der Waals surface area (Å²) in [4.78, 5) is 28.2. The Bertz CT molecular complexity index is 1300. The lowest BCUT2D eigenvalue weighted by Crippen LogP contribution is -2.32. The third kappa shape index (κ3) is 4.05. The SMILES string of the molecule is COc1ccc(C)cc1NC1=C(c2ccc(F)cc2)C(=O)N(c2ccc(OC)c(OC)c2)C1=O. The van der Waals surface area contributed by atoms with Crippen molar-refractivity contribution in [1.29, 1.82) is 0 Å². The molecular formula is C26H23FN2O5. The van der Waals surface area contributed by atoms with Crippen molar-refractivity contribution in [3.05, 3.63) is 83.3 Å². The van der Waals surface area contributed by atoms with Gasteiger partial charge in [0.1, 0.15) is 17.3 Å². The van der Waals surface area contributed by atoms with Crippen LogP contribution in [0, 0.1) is 12.7 Å². The van der Waals surface area contributed by atoms with Crippen LogP contribution in [0.25, 0.3) is 5.57 Å². The third-order valence-electron chi connectivity index (χ3n) is 5.46. The molecule has 0 bridgehead atoms. The second kappa shape index (κ2) is 9.27. The second-order valence-corrected chi connectivity index (χ2v) is 7.57. The van der Waals surface area contributed by atoms with E-state index in [2.05, 4.69) is 5.32 Å². The molecule has 0 aliphatic carbocycles. The monoisotopic (exact) mass is 462 g/mol. The molecule has 174 valence electrons. The molecule has 0 radical (unpaired) electrons. The number of benzene rings is 3. The van der Waals surface area contributed by atoms with E-state index in [9.17, 15) is 14.0 Å². The van der Waals surface area contributed by atoms with Gasteiger partial charge in [0.05, 0.1) is 38.3 Å². The molecule has 1 aliphatic heterocycles. The van der Waals surface area contributed by atoms with E-state index in [-0.39, 0.29) is 11.3 Å². The van der Waals surface area contributed by atoms with Crippen LogP contribution < -0.4 is 24.4 Å². The molecule has 1 aliphatic rings. The van der Waals surface area contributed by atoms with Gasteiger partial charge < -0.3 is 19.5 Å². The number of nitrogens with zero attached hydrogens (tertiary/aromatic N) is 1. The van der Waals surface area contributed by atoms with Crippen LogP contribution in [0.3, 0.4) is 0 Å². The largest absolute Gasteiger partial charge is 0.495 e. The zero-order valence-corrected chi connectivity index (χ0v) is 19.1. The number of aryl methyl sites for hydroxylation is 1. The zero-order chi connectivity index (χ0) is 24.4. The number of carbonyl (C=O) groups is 2. The minimum Gasteiger partial charge on any atom is -0.495 e. The quantitative estimate of drug-likeness (QED) is 0.519. The van der Waals surface area contributed by atoms with Crippen LogP contribution in [0.4, 0.5) is 15.8 Å². The molecule has 3 aromatic carbocycles. The Morgan fingerprint density at radius 2 is 1.41 bits per heavy atom. The van der Waals surface area contributed by atoms with Crippen LogP contribution in [-0.2, 0) is 9.59 Å². The highest BCUT2D eigenvalue weighted by molar-refractivity contribution is 6.46. The summed E-state index contributed by atoms with van der Waals surface area (Å²) >= 11 is 0. The van der Waals surface area contributed by atoms with E-state index >= 15 is 0 Å². The number of carbonyl (C=O) groups excluding carboxylic acids is 2. The van der Waals surface area contributed by atoms with Crippen LogP contribution in [-0.4, -0.2) is 33.1 Å². The maximum atomic E-state index is 13.6. The van der Waals surface area contributed by atoms with Crippen molar-refractivity contribution in [2.75, 3.05) is 31.5 Å². The molecule has 0 saturated carbocycles. The second-order valence-electron chi connectivity index (χ2n) is 7.57. The van der Waals surface area contributed by atoms with Gasteiger partial charge >= 0.3 is 0 Å². The smallest absolute Gasteiger partial charge is 0.282 e. The number of hydrogen-bond acceptors (Lipinski definition) is 6. The summed E-state index contributed by atoms with van der Waals surface area (Å²) in [5, 5.41) is 3.09. The van der Waals surface area contributed by atoms with E-state index in [0.717, 1.165) is 10.5 Å². The molecule has 0 fully saturated rings. The number of nitrogens with one attached hydrogen (secondary N) is 1. The van der Waals surface area contributed by atoms with E-state index in [0.29, 0.717) is 34.2 Å². The summed E-state index contributed by atoms with van der Waals surface area (Å²) in [6.45, 7) is 1.90. The first-order valence-corrected chi connectivity index (χ1v) is 10.4. The van der Waals surface area contributed by atoms with Crippen LogP contribution in [0.1, 0.15) is 11.1 Å². The Morgan fingerprint density at radius 3 is 2.06 bits per heavy atom. The average Bonchev–Trinajstić information content (AvgIpc) is 3.08. The lowest BCUT2D eigenvalue weighted by Gasteiger charge is -2.18. The maximum Gasteiger partial charge on any atom is 0.282 e. The third-order valence-corrected chi connectivity index (χ3v) is 5.46. The summed E-state index contributed by atoms with van der Waals surface area (Å²) in [6.07, 6.45) is 0. The molecule has 34 heavy (non-hydrogen) atoms. The fourth-order valence-corrected chi connectivity index (χ4v) is 3.78. The number of imide groups is 1. The molecule has 1 heterocycles. The van der Waals surface area contributed by atoms with E-state index in [1.807, 2.05) is 19.1 Å². The van der Waals surface area contributed by atoms with Gasteiger partial charge in [-0.2, -0.15) is 0 Å². The molecule has 0 unspecified atom stereocenters. The number of anilines is 2. The highest BCUT2D eigenvalue weighted by atomic mass is 19.1. The number of rotatable bonds is 7. The van der Waals surface area contributed by atoms with Gasteiger partial charge in [0.2, 0.25) is 0 Å². The Labute approximate surface area is 196 Å². The molecule has 2 amide bonds. The highest BCUT2D eigenvalue weighted by Crippen LogP contribution is 2.38. The van der Waals surface area contributed by atoms with Crippen molar-refractivity contribution >= 4 is 28.8 Å². The number of methoxy groups -OCH3 is 3. The molecule has 0 spiro atoms. The van der Waals surface area contributed by atoms with Crippen molar-refractivity contribution in [1.82, 2.24) is 0 Å². The van der Waals surface area contributed by atoms with Crippen LogP contribution in [0.2, 0.25) is 0 Å². The lowest BCUT2D eigenvalue weighted by molar-refractivity contribution is -0.120. The molecular weight excluding hydrogens is 439 g/mol. The number of halogens is 1. The molecule has 7 nitrogen and oxygen atoms in total. The molecule has 0 atom stereocenters. The normalized spacial score (nSPS) is 13.4. The molecule has 8 heteroatoms. The van der Waals surface area contributed by atoms with Gasteiger partial charge in [0, 0.05) is 6.07 Å². The number of ether oxygens (including phenoxy) is 3. The van der Waals surface area contributed by atoms with Crippen LogP contribution in [0.5, 0.6) is 17.2 Å². The average molecular weight is 462 g/mol. The van der Waals surface area contributed by atoms with Crippen molar-refractivity contribution in [3.63, 3.8) is 0 Å². The van der Waals surface area contributed by atoms with E-state index in [1.165, 1.54) is 45.6 Å². The minimum atomic E-state index is -0.569. The van der Waals surface area contributed by atoms with Gasteiger partial charge in [-0.3, -0.25) is 9.59 Å². The van der Waals surface area contributed by atoms with Crippen molar-refractivity contribution in [3.8, 4) is 17.2 Å². The van der Waals surface area contributed by atoms with Gasteiger partial charge in [-0.15, -0.1) is 0 Å². The predicted octanol–water partition coefficient (Wildman–Crippen LogP) is 4.56. The number of amides is 2. The molecule has 4 rings (SSSR count). The maximum absolute atomic E-state index is 13.6. The molecule has 3 aromatic rings. The summed E-state index contributed by atoms with van der Waals surface area (Å²) < 4.78 is 29.6. The Hall–Kier alpha value is -4.33. The molecule has 0 aromatic heterocycles. The summed E-state index contributed by atoms with van der Waals surface area (Å²) in [6, 6.07) is 15.6. The van der Waals surface area contributed by atoms with Crippen molar-refractivity contribution < 1.29 is 28.2 Å². The Morgan fingerprint density at radius 1 is 0.765 bits per heavy atom. The van der Waals surface area contributed by atoms with Gasteiger partial charge in [-0.05, 0) is 54.4 Å². The first-order valence-electron chi connectivity index (χ1n) is 10.4. The van der Waals surface area contributed by atoms with Gasteiger partial charge in [-0.1, -0.05) is 18.2 Å². The first-order chi connectivity index (χ1) is 16.4. The topological polar surface area (TPSA) is 77.1 Å². The van der Waals surface area contributed by atoms with Crippen molar-refractivity contribution in [2.45, 2.75) is 6.92 Å². The minimum absolute atomic E-state index is 0.0512. The number of hydrogen-bond donors (Lipinski definition) is 1. The van der Waals surface area contributed by atoms with E-state index < -0.39 is 17.6 Å². The predicted molar refractivity (Wildman–Crippen MR) is 127 cm³/mol. The van der Waals surface area contributed by atoms with Crippen LogP contribution >= 0.6 is 0 Å². The summed E-state index contributed by atoms with van der Waals surface area (Å²) in [5.41, 5.74) is 2.32. The standard InChI is InChI=1S/C26H23FN2O5/c1-15-5-11-20(32-2)19(13-15)28-24-23(16-6-8-17(27)9-7-16)25(30)29(26(24)31)18-10-12-21(33-3)22(14-18)34-4/h5-14,28H,1-4H3. The first kappa shape index (κ1) is 22.8. The van der Waals surface area contributed by atoms with Gasteiger partial charge in [0.15, 0.2) is 11.5 Å². The van der Waals surface area contributed by atoms with Gasteiger partial charge in [0.25, 0.3) is 11.8 Å². The van der Waals surface area contributed by atoms with E-state index in [4.69, 9.17) is 14.2 Å². The molecule has 0 saturated heterocycles. The zero-order valence-electron chi connectivity index (χ0n) is 19.1. The Balaban J connectivity index is 1.85. The lowest BCUT2D eigenvalue weighted by atomic mass is 10.0. The van der Waals surface area contributed by atoms with E-state index in [1.54, 1.807) is 24.3 Å². The van der Waals surface area contributed by atoms with Crippen LogP contribution in [0.15, 0.2) is 66.4 Å². The molecule has 1 N–H and O–H groups in total. The summed E-state index contributed by atoms with van der Waals surface area (Å²) in [7, 11) is 4.48. The van der Waals surface area contributed by atoms with Crippen molar-refractivity contribution in [2.24, 2.45) is 0 Å².